The Balaban J connectivity index is 1.47. The highest BCUT2D eigenvalue weighted by Crippen LogP contribution is 2.42. The number of pyridine rings is 1. The molecule has 3 aromatic heterocycles. The third kappa shape index (κ3) is 3.73. The number of hydrogen-bond acceptors (Lipinski definition) is 3. The summed E-state index contributed by atoms with van der Waals surface area (Å²) in [6.07, 6.45) is 1.85. The lowest BCUT2D eigenvalue weighted by atomic mass is 9.97. The molecule has 0 saturated heterocycles. The minimum absolute atomic E-state index is 0.963. The Hall–Kier alpha value is -5.06. The van der Waals surface area contributed by atoms with Crippen molar-refractivity contribution in [1.29, 1.82) is 0 Å². The fraction of sp³-hybridized carbons (Fsp3) is 0. The van der Waals surface area contributed by atoms with Crippen LogP contribution in [0.5, 0.6) is 0 Å². The summed E-state index contributed by atoms with van der Waals surface area (Å²) in [6.45, 7) is 0. The van der Waals surface area contributed by atoms with Gasteiger partial charge in [-0.15, -0.1) is 11.3 Å². The number of rotatable bonds is 4. The van der Waals surface area contributed by atoms with Crippen molar-refractivity contribution in [3.63, 3.8) is 0 Å². The largest absolute Gasteiger partial charge is 0.309 e. The molecule has 0 N–H and O–H groups in total. The Bertz CT molecular complexity index is 2130. The van der Waals surface area contributed by atoms with Crippen LogP contribution in [-0.2, 0) is 0 Å². The summed E-state index contributed by atoms with van der Waals surface area (Å²) in [5, 5.41) is 3.50. The van der Waals surface area contributed by atoms with Crippen LogP contribution >= 0.6 is 11.3 Å². The van der Waals surface area contributed by atoms with Crippen LogP contribution in [0.15, 0.2) is 140 Å². The standard InChI is InChI=1S/C36H23N3S/c1-2-11-24(12-3-1)29-22-26(36-38-31-17-5-7-19-34(31)40-36)23-33-35(29)28-15-4-6-18-32(28)39(33)27-14-10-13-25(21-27)30-16-8-9-20-37-30/h1-23H. The summed E-state index contributed by atoms with van der Waals surface area (Å²) in [5.41, 5.74) is 10.1. The van der Waals surface area contributed by atoms with Crippen LogP contribution in [0.1, 0.15) is 0 Å². The maximum absolute atomic E-state index is 5.04. The third-order valence-corrected chi connectivity index (χ3v) is 8.55. The van der Waals surface area contributed by atoms with Crippen LogP contribution in [0.3, 0.4) is 0 Å². The molecule has 3 nitrogen and oxygen atoms in total. The molecule has 0 aliphatic heterocycles. The molecule has 0 aliphatic carbocycles. The summed E-state index contributed by atoms with van der Waals surface area (Å²) in [7, 11) is 0. The first kappa shape index (κ1) is 22.9. The van der Waals surface area contributed by atoms with Gasteiger partial charge >= 0.3 is 0 Å². The third-order valence-electron chi connectivity index (χ3n) is 7.46. The molecule has 8 rings (SSSR count). The van der Waals surface area contributed by atoms with E-state index in [0.29, 0.717) is 0 Å². The van der Waals surface area contributed by atoms with Crippen molar-refractivity contribution in [2.75, 3.05) is 0 Å². The SMILES string of the molecule is c1ccc(-c2cc(-c3nc4ccccc4s3)cc3c2c2ccccc2n3-c2cccc(-c3ccccn3)c2)cc1. The number of thiazole rings is 1. The molecule has 0 saturated carbocycles. The maximum atomic E-state index is 5.04. The van der Waals surface area contributed by atoms with Gasteiger partial charge in [-0.25, -0.2) is 4.98 Å². The lowest BCUT2D eigenvalue weighted by Gasteiger charge is -2.12. The minimum atomic E-state index is 0.963. The van der Waals surface area contributed by atoms with Gasteiger partial charge in [0, 0.05) is 33.8 Å². The summed E-state index contributed by atoms with van der Waals surface area (Å²) < 4.78 is 3.59. The molecule has 0 amide bonds. The lowest BCUT2D eigenvalue weighted by molar-refractivity contribution is 1.18. The van der Waals surface area contributed by atoms with E-state index < -0.39 is 0 Å². The van der Waals surface area contributed by atoms with Crippen molar-refractivity contribution < 1.29 is 0 Å². The minimum Gasteiger partial charge on any atom is -0.309 e. The topological polar surface area (TPSA) is 30.7 Å². The first-order chi connectivity index (χ1) is 19.8. The van der Waals surface area contributed by atoms with Crippen molar-refractivity contribution in [3.05, 3.63) is 140 Å². The van der Waals surface area contributed by atoms with Crippen molar-refractivity contribution in [2.24, 2.45) is 0 Å². The Kier molecular flexibility index (Phi) is 5.32. The van der Waals surface area contributed by atoms with Gasteiger partial charge in [-0.3, -0.25) is 4.98 Å². The molecule has 0 radical (unpaired) electrons. The molecule has 0 spiro atoms. The Morgan fingerprint density at radius 3 is 2.25 bits per heavy atom. The Morgan fingerprint density at radius 2 is 1.38 bits per heavy atom. The fourth-order valence-electron chi connectivity index (χ4n) is 5.68. The molecule has 3 heterocycles. The zero-order valence-corrected chi connectivity index (χ0v) is 22.3. The van der Waals surface area contributed by atoms with Crippen LogP contribution in [-0.4, -0.2) is 14.5 Å². The van der Waals surface area contributed by atoms with E-state index in [9.17, 15) is 0 Å². The van der Waals surface area contributed by atoms with Crippen LogP contribution in [0.4, 0.5) is 0 Å². The number of benzene rings is 5. The molecule has 0 fully saturated rings. The van der Waals surface area contributed by atoms with E-state index in [-0.39, 0.29) is 0 Å². The van der Waals surface area contributed by atoms with Crippen LogP contribution in [0, 0.1) is 0 Å². The number of para-hydroxylation sites is 2. The first-order valence-corrected chi connectivity index (χ1v) is 14.2. The van der Waals surface area contributed by atoms with Gasteiger partial charge in [0.15, 0.2) is 0 Å². The highest BCUT2D eigenvalue weighted by molar-refractivity contribution is 7.21. The second kappa shape index (κ2) is 9.30. The highest BCUT2D eigenvalue weighted by Gasteiger charge is 2.19. The summed E-state index contributed by atoms with van der Waals surface area (Å²) in [6, 6.07) is 47.1. The normalized spacial score (nSPS) is 11.5. The van der Waals surface area contributed by atoms with E-state index in [1.54, 1.807) is 11.3 Å². The smallest absolute Gasteiger partial charge is 0.124 e. The van der Waals surface area contributed by atoms with E-state index in [2.05, 4.69) is 131 Å². The zero-order valence-electron chi connectivity index (χ0n) is 21.5. The molecule has 0 unspecified atom stereocenters. The van der Waals surface area contributed by atoms with Gasteiger partial charge in [-0.05, 0) is 65.7 Å². The van der Waals surface area contributed by atoms with E-state index in [0.717, 1.165) is 38.5 Å². The van der Waals surface area contributed by atoms with Gasteiger partial charge in [-0.2, -0.15) is 0 Å². The maximum Gasteiger partial charge on any atom is 0.124 e. The van der Waals surface area contributed by atoms with Crippen LogP contribution in [0.25, 0.3) is 70.7 Å². The highest BCUT2D eigenvalue weighted by atomic mass is 32.1. The summed E-state index contributed by atoms with van der Waals surface area (Å²) >= 11 is 1.74. The molecule has 40 heavy (non-hydrogen) atoms. The van der Waals surface area contributed by atoms with Crippen molar-refractivity contribution in [2.45, 2.75) is 0 Å². The number of hydrogen-bond donors (Lipinski definition) is 0. The van der Waals surface area contributed by atoms with Gasteiger partial charge < -0.3 is 4.57 Å². The fourth-order valence-corrected chi connectivity index (χ4v) is 6.63. The molecule has 8 aromatic rings. The van der Waals surface area contributed by atoms with Crippen LogP contribution in [0.2, 0.25) is 0 Å². The number of nitrogens with zero attached hydrogens (tertiary/aromatic N) is 3. The second-order valence-corrected chi connectivity index (χ2v) is 10.9. The Morgan fingerprint density at radius 1 is 0.575 bits per heavy atom. The molecule has 0 bridgehead atoms. The molecular formula is C36H23N3S. The van der Waals surface area contributed by atoms with E-state index in [1.807, 2.05) is 18.3 Å². The molecule has 0 atom stereocenters. The van der Waals surface area contributed by atoms with E-state index in [4.69, 9.17) is 4.98 Å². The van der Waals surface area contributed by atoms with E-state index >= 15 is 0 Å². The first-order valence-electron chi connectivity index (χ1n) is 13.3. The predicted molar refractivity (Wildman–Crippen MR) is 168 cm³/mol. The molecule has 5 aromatic carbocycles. The lowest BCUT2D eigenvalue weighted by Crippen LogP contribution is -1.95. The monoisotopic (exact) mass is 529 g/mol. The number of fused-ring (bicyclic) bond motifs is 4. The van der Waals surface area contributed by atoms with Crippen molar-refractivity contribution in [3.8, 4) is 38.6 Å². The van der Waals surface area contributed by atoms with Gasteiger partial charge in [0.25, 0.3) is 0 Å². The summed E-state index contributed by atoms with van der Waals surface area (Å²) in [4.78, 5) is 9.64. The van der Waals surface area contributed by atoms with Crippen molar-refractivity contribution >= 4 is 43.4 Å². The van der Waals surface area contributed by atoms with Gasteiger partial charge in [-0.1, -0.05) is 78.9 Å². The number of aromatic nitrogens is 3. The average molecular weight is 530 g/mol. The van der Waals surface area contributed by atoms with Gasteiger partial charge in [0.2, 0.25) is 0 Å². The molecule has 188 valence electrons. The second-order valence-electron chi connectivity index (χ2n) is 9.89. The zero-order chi connectivity index (χ0) is 26.5. The van der Waals surface area contributed by atoms with E-state index in [1.165, 1.54) is 32.1 Å². The average Bonchev–Trinajstić information content (AvgIpc) is 3.61. The molecule has 0 aliphatic rings. The molecule has 4 heteroatoms. The predicted octanol–water partition coefficient (Wildman–Crippen LogP) is 9.79. The van der Waals surface area contributed by atoms with Gasteiger partial charge in [0.05, 0.1) is 26.9 Å². The van der Waals surface area contributed by atoms with Crippen molar-refractivity contribution in [1.82, 2.24) is 14.5 Å². The van der Waals surface area contributed by atoms with Crippen LogP contribution < -0.4 is 0 Å². The Labute approximate surface area is 235 Å². The molecular weight excluding hydrogens is 506 g/mol. The summed E-state index contributed by atoms with van der Waals surface area (Å²) in [5.74, 6) is 0. The quantitative estimate of drug-likeness (QED) is 0.227. The van der Waals surface area contributed by atoms with Gasteiger partial charge in [0.1, 0.15) is 5.01 Å².